The van der Waals surface area contributed by atoms with E-state index in [9.17, 15) is 4.79 Å². The maximum absolute atomic E-state index is 12.5. The van der Waals surface area contributed by atoms with E-state index in [-0.39, 0.29) is 12.0 Å². The second-order valence-corrected chi connectivity index (χ2v) is 7.30. The van der Waals surface area contributed by atoms with Gasteiger partial charge in [0.1, 0.15) is 5.75 Å². The highest BCUT2D eigenvalue weighted by atomic mass is 16.5. The Morgan fingerprint density at radius 2 is 1.96 bits per heavy atom. The van der Waals surface area contributed by atoms with Crippen LogP contribution in [0.1, 0.15) is 36.5 Å². The molecule has 0 bridgehead atoms. The third-order valence-corrected chi connectivity index (χ3v) is 4.71. The second-order valence-electron chi connectivity index (χ2n) is 7.30. The van der Waals surface area contributed by atoms with E-state index >= 15 is 0 Å². The quantitative estimate of drug-likeness (QED) is 0.667. The lowest BCUT2D eigenvalue weighted by molar-refractivity contribution is 0.0945. The van der Waals surface area contributed by atoms with Crippen LogP contribution in [0.5, 0.6) is 5.75 Å². The minimum absolute atomic E-state index is 0.126. The highest BCUT2D eigenvalue weighted by Gasteiger charge is 2.17. The maximum Gasteiger partial charge on any atom is 0.273 e. The maximum atomic E-state index is 12.5. The normalized spacial score (nSPS) is 15.0. The molecule has 152 valence electrons. The molecular formula is C20H30N6O2. The van der Waals surface area contributed by atoms with E-state index in [1.165, 1.54) is 0 Å². The van der Waals surface area contributed by atoms with Gasteiger partial charge in [-0.25, -0.2) is 4.68 Å². The van der Waals surface area contributed by atoms with E-state index in [4.69, 9.17) is 4.74 Å². The average molecular weight is 387 g/mol. The summed E-state index contributed by atoms with van der Waals surface area (Å²) in [5.41, 5.74) is 1.93. The number of carbonyl (C=O) groups excluding carboxylic acids is 1. The van der Waals surface area contributed by atoms with Crippen molar-refractivity contribution in [3.05, 3.63) is 35.7 Å². The van der Waals surface area contributed by atoms with E-state index in [0.29, 0.717) is 12.2 Å². The molecule has 0 radical (unpaired) electrons. The lowest BCUT2D eigenvalue weighted by atomic mass is 10.2. The summed E-state index contributed by atoms with van der Waals surface area (Å²) in [5, 5.41) is 14.5. The van der Waals surface area contributed by atoms with Gasteiger partial charge >= 0.3 is 0 Å². The van der Waals surface area contributed by atoms with Gasteiger partial charge in [-0.05, 0) is 58.0 Å². The molecule has 8 nitrogen and oxygen atoms in total. The Hall–Kier alpha value is -2.45. The predicted octanol–water partition coefficient (Wildman–Crippen LogP) is 1.39. The molecule has 8 heteroatoms. The van der Waals surface area contributed by atoms with Gasteiger partial charge in [0.05, 0.1) is 17.5 Å². The van der Waals surface area contributed by atoms with Gasteiger partial charge in [-0.3, -0.25) is 4.79 Å². The van der Waals surface area contributed by atoms with E-state index < -0.39 is 0 Å². The molecule has 0 aliphatic carbocycles. The summed E-state index contributed by atoms with van der Waals surface area (Å²) in [6, 6.07) is 7.61. The predicted molar refractivity (Wildman–Crippen MR) is 108 cm³/mol. The van der Waals surface area contributed by atoms with Gasteiger partial charge in [-0.15, -0.1) is 5.10 Å². The minimum Gasteiger partial charge on any atom is -0.491 e. The van der Waals surface area contributed by atoms with Crippen molar-refractivity contribution in [1.29, 1.82) is 0 Å². The first-order chi connectivity index (χ1) is 13.5. The van der Waals surface area contributed by atoms with Gasteiger partial charge in [-0.1, -0.05) is 5.21 Å². The van der Waals surface area contributed by atoms with Crippen molar-refractivity contribution in [2.45, 2.75) is 33.3 Å². The Kier molecular flexibility index (Phi) is 7.00. The molecule has 1 amide bonds. The molecule has 1 aromatic carbocycles. The fraction of sp³-hybridized carbons (Fsp3) is 0.550. The third-order valence-electron chi connectivity index (χ3n) is 4.71. The molecule has 2 heterocycles. The van der Waals surface area contributed by atoms with E-state index in [1.54, 1.807) is 4.68 Å². The Balaban J connectivity index is 1.53. The Morgan fingerprint density at radius 3 is 2.64 bits per heavy atom. The third kappa shape index (κ3) is 5.30. The SMILES string of the molecule is Cc1c(C(=O)NCCCN2CCNCC2)nnn1-c1ccc(OC(C)C)cc1. The molecule has 1 aromatic heterocycles. The Morgan fingerprint density at radius 1 is 1.25 bits per heavy atom. The van der Waals surface area contributed by atoms with Crippen molar-refractivity contribution < 1.29 is 9.53 Å². The second kappa shape index (κ2) is 9.66. The molecule has 0 atom stereocenters. The molecule has 0 unspecified atom stereocenters. The minimum atomic E-state index is -0.177. The van der Waals surface area contributed by atoms with Crippen molar-refractivity contribution in [2.75, 3.05) is 39.3 Å². The van der Waals surface area contributed by atoms with E-state index in [0.717, 1.165) is 56.3 Å². The summed E-state index contributed by atoms with van der Waals surface area (Å²) in [6.45, 7) is 11.7. The van der Waals surface area contributed by atoms with Crippen LogP contribution in [-0.4, -0.2) is 71.2 Å². The number of nitrogens with one attached hydrogen (secondary N) is 2. The van der Waals surface area contributed by atoms with Crippen LogP contribution < -0.4 is 15.4 Å². The number of benzene rings is 1. The van der Waals surface area contributed by atoms with Gasteiger partial charge < -0.3 is 20.3 Å². The molecule has 28 heavy (non-hydrogen) atoms. The summed E-state index contributed by atoms with van der Waals surface area (Å²) in [7, 11) is 0. The number of amides is 1. The number of nitrogens with zero attached hydrogens (tertiary/aromatic N) is 4. The smallest absolute Gasteiger partial charge is 0.273 e. The molecule has 1 aliphatic heterocycles. The van der Waals surface area contributed by atoms with Crippen molar-refractivity contribution >= 4 is 5.91 Å². The molecule has 3 rings (SSSR count). The van der Waals surface area contributed by atoms with E-state index in [2.05, 4.69) is 25.8 Å². The van der Waals surface area contributed by atoms with Gasteiger partial charge in [0, 0.05) is 32.7 Å². The molecule has 2 N–H and O–H groups in total. The van der Waals surface area contributed by atoms with Crippen LogP contribution in [-0.2, 0) is 0 Å². The largest absolute Gasteiger partial charge is 0.491 e. The molecule has 1 fully saturated rings. The first kappa shape index (κ1) is 20.3. The van der Waals surface area contributed by atoms with Crippen molar-refractivity contribution in [2.24, 2.45) is 0 Å². The number of carbonyl (C=O) groups is 1. The monoisotopic (exact) mass is 386 g/mol. The van der Waals surface area contributed by atoms with Crippen molar-refractivity contribution in [1.82, 2.24) is 30.5 Å². The zero-order chi connectivity index (χ0) is 19.9. The summed E-state index contributed by atoms with van der Waals surface area (Å²) in [6.07, 6.45) is 1.05. The number of rotatable bonds is 8. The standard InChI is InChI=1S/C20H30N6O2/c1-15(2)28-18-7-5-17(6-8-18)26-16(3)19(23-24-26)20(27)22-9-4-12-25-13-10-21-11-14-25/h5-8,15,21H,4,9-14H2,1-3H3,(H,22,27). The molecule has 1 saturated heterocycles. The molecule has 0 spiro atoms. The van der Waals surface area contributed by atoms with Crippen molar-refractivity contribution in [3.8, 4) is 11.4 Å². The average Bonchev–Trinajstić information content (AvgIpc) is 3.07. The highest BCUT2D eigenvalue weighted by Crippen LogP contribution is 2.18. The van der Waals surface area contributed by atoms with Crippen LogP contribution >= 0.6 is 0 Å². The lowest BCUT2D eigenvalue weighted by Gasteiger charge is -2.26. The highest BCUT2D eigenvalue weighted by molar-refractivity contribution is 5.93. The van der Waals surface area contributed by atoms with Gasteiger partial charge in [0.2, 0.25) is 0 Å². The van der Waals surface area contributed by atoms with E-state index in [1.807, 2.05) is 45.0 Å². The van der Waals surface area contributed by atoms with Gasteiger partial charge in [0.25, 0.3) is 5.91 Å². The first-order valence-electron chi connectivity index (χ1n) is 9.95. The molecular weight excluding hydrogens is 356 g/mol. The van der Waals surface area contributed by atoms with Crippen LogP contribution in [0, 0.1) is 6.92 Å². The van der Waals surface area contributed by atoms with Gasteiger partial charge in [0.15, 0.2) is 5.69 Å². The summed E-state index contributed by atoms with van der Waals surface area (Å²) >= 11 is 0. The molecule has 0 saturated carbocycles. The first-order valence-corrected chi connectivity index (χ1v) is 9.95. The zero-order valence-corrected chi connectivity index (χ0v) is 16.9. The number of hydrogen-bond acceptors (Lipinski definition) is 6. The van der Waals surface area contributed by atoms with Crippen LogP contribution in [0.25, 0.3) is 5.69 Å². The van der Waals surface area contributed by atoms with Crippen molar-refractivity contribution in [3.63, 3.8) is 0 Å². The Labute approximate surface area is 166 Å². The topological polar surface area (TPSA) is 84.3 Å². The fourth-order valence-electron chi connectivity index (χ4n) is 3.25. The Bertz CT molecular complexity index is 766. The zero-order valence-electron chi connectivity index (χ0n) is 16.9. The van der Waals surface area contributed by atoms with Crippen LogP contribution in [0.3, 0.4) is 0 Å². The number of ether oxygens (including phenoxy) is 1. The summed E-state index contributed by atoms with van der Waals surface area (Å²) < 4.78 is 7.34. The number of aromatic nitrogens is 3. The molecule has 2 aromatic rings. The number of hydrogen-bond donors (Lipinski definition) is 2. The summed E-state index contributed by atoms with van der Waals surface area (Å²) in [5.74, 6) is 0.628. The van der Waals surface area contributed by atoms with Crippen LogP contribution in [0.15, 0.2) is 24.3 Å². The summed E-state index contributed by atoms with van der Waals surface area (Å²) in [4.78, 5) is 14.9. The fourth-order valence-corrected chi connectivity index (χ4v) is 3.25. The molecule has 1 aliphatic rings. The number of piperazine rings is 1. The van der Waals surface area contributed by atoms with Gasteiger partial charge in [-0.2, -0.15) is 0 Å². The lowest BCUT2D eigenvalue weighted by Crippen LogP contribution is -2.44. The van der Waals surface area contributed by atoms with Crippen LogP contribution in [0.4, 0.5) is 0 Å². The van der Waals surface area contributed by atoms with Crippen LogP contribution in [0.2, 0.25) is 0 Å².